The molecular weight excluding hydrogens is 428 g/mol. The highest BCUT2D eigenvalue weighted by molar-refractivity contribution is 5.96. The molecule has 2 aromatic carbocycles. The minimum absolute atomic E-state index is 0.115. The molecule has 0 unspecified atom stereocenters. The van der Waals surface area contributed by atoms with Gasteiger partial charge in [0.2, 0.25) is 5.95 Å². The Morgan fingerprint density at radius 3 is 2.56 bits per heavy atom. The van der Waals surface area contributed by atoms with Gasteiger partial charge in [-0.15, -0.1) is 0 Å². The van der Waals surface area contributed by atoms with Gasteiger partial charge in [-0.05, 0) is 36.1 Å². The normalized spacial score (nSPS) is 12.1. The summed E-state index contributed by atoms with van der Waals surface area (Å²) in [5.41, 5.74) is 15.3. The lowest BCUT2D eigenvalue weighted by Gasteiger charge is -2.22. The fraction of sp³-hybridized carbons (Fsp3) is 0.120. The van der Waals surface area contributed by atoms with Crippen LogP contribution >= 0.6 is 0 Å². The Morgan fingerprint density at radius 2 is 1.82 bits per heavy atom. The van der Waals surface area contributed by atoms with Gasteiger partial charge in [0.05, 0.1) is 29.5 Å². The summed E-state index contributed by atoms with van der Waals surface area (Å²) >= 11 is 0. The van der Waals surface area contributed by atoms with Crippen LogP contribution in [0.1, 0.15) is 18.7 Å². The first-order valence-corrected chi connectivity index (χ1v) is 10.8. The first kappa shape index (κ1) is 21.2. The van der Waals surface area contributed by atoms with Gasteiger partial charge >= 0.3 is 0 Å². The number of hydrogen-bond acceptors (Lipinski definition) is 7. The molecule has 0 saturated heterocycles. The van der Waals surface area contributed by atoms with E-state index in [0.29, 0.717) is 16.9 Å². The summed E-state index contributed by atoms with van der Waals surface area (Å²) in [4.78, 5) is 22.2. The monoisotopic (exact) mass is 452 g/mol. The van der Waals surface area contributed by atoms with E-state index in [9.17, 15) is 4.79 Å². The summed E-state index contributed by atoms with van der Waals surface area (Å²) in [6.07, 6.45) is 5.13. The highest BCUT2D eigenvalue weighted by Crippen LogP contribution is 2.30. The second-order valence-corrected chi connectivity index (χ2v) is 8.12. The van der Waals surface area contributed by atoms with E-state index in [0.717, 1.165) is 27.9 Å². The summed E-state index contributed by atoms with van der Waals surface area (Å²) in [6, 6.07) is 17.1. The van der Waals surface area contributed by atoms with Crippen LogP contribution in [0.15, 0.2) is 78.0 Å². The van der Waals surface area contributed by atoms with E-state index in [-0.39, 0.29) is 17.5 Å². The number of fused-ring (bicyclic) bond motifs is 1. The van der Waals surface area contributed by atoms with E-state index >= 15 is 0 Å². The number of rotatable bonds is 5. The molecule has 3 heterocycles. The third-order valence-corrected chi connectivity index (χ3v) is 5.74. The van der Waals surface area contributed by atoms with Crippen LogP contribution in [0.4, 0.5) is 17.5 Å². The zero-order chi connectivity index (χ0) is 23.8. The van der Waals surface area contributed by atoms with Crippen molar-refractivity contribution < 1.29 is 0 Å². The zero-order valence-electron chi connectivity index (χ0n) is 18.8. The number of nitrogen functional groups attached to an aromatic ring is 2. The first-order valence-electron chi connectivity index (χ1n) is 10.8. The van der Waals surface area contributed by atoms with E-state index < -0.39 is 0 Å². The van der Waals surface area contributed by atoms with Crippen molar-refractivity contribution in [2.45, 2.75) is 13.0 Å². The van der Waals surface area contributed by atoms with E-state index in [1.807, 2.05) is 74.8 Å². The summed E-state index contributed by atoms with van der Waals surface area (Å²) in [5.74, 6) is 0.528. The van der Waals surface area contributed by atoms with E-state index in [1.165, 1.54) is 6.20 Å². The molecule has 5 aromatic rings. The van der Waals surface area contributed by atoms with Crippen molar-refractivity contribution in [2.75, 3.05) is 16.8 Å². The van der Waals surface area contributed by atoms with Crippen LogP contribution in [-0.4, -0.2) is 24.3 Å². The number of hydrogen-bond donors (Lipinski definition) is 3. The third kappa shape index (κ3) is 3.73. The van der Waals surface area contributed by atoms with Crippen molar-refractivity contribution in [1.82, 2.24) is 24.3 Å². The molecule has 0 aliphatic heterocycles. The molecule has 3 aromatic heterocycles. The van der Waals surface area contributed by atoms with Crippen molar-refractivity contribution in [3.05, 3.63) is 89.2 Å². The third-order valence-electron chi connectivity index (χ3n) is 5.74. The molecule has 5 rings (SSSR count). The molecule has 1 atom stereocenters. The molecule has 0 amide bonds. The average Bonchev–Trinajstić information content (AvgIpc) is 3.27. The van der Waals surface area contributed by atoms with Gasteiger partial charge in [-0.25, -0.2) is 4.98 Å². The second kappa shape index (κ2) is 8.36. The highest BCUT2D eigenvalue weighted by atomic mass is 16.1. The van der Waals surface area contributed by atoms with Crippen LogP contribution in [-0.2, 0) is 7.05 Å². The van der Waals surface area contributed by atoms with Crippen LogP contribution < -0.4 is 22.3 Å². The summed E-state index contributed by atoms with van der Waals surface area (Å²) in [5, 5.41) is 9.03. The lowest BCUT2D eigenvalue weighted by molar-refractivity contribution is 0.768. The Hall–Kier alpha value is -4.66. The maximum atomic E-state index is 14.1. The largest absolute Gasteiger partial charge is 0.394 e. The Morgan fingerprint density at radius 1 is 1.03 bits per heavy atom. The molecule has 9 nitrogen and oxygen atoms in total. The topological polar surface area (TPSA) is 130 Å². The van der Waals surface area contributed by atoms with Crippen LogP contribution in [0.3, 0.4) is 0 Å². The maximum Gasteiger partial charge on any atom is 0.263 e. The lowest BCUT2D eigenvalue weighted by atomic mass is 9.99. The Kier molecular flexibility index (Phi) is 5.21. The number of nitrogens with two attached hydrogens (primary N) is 2. The standard InChI is InChI=1S/C25H24N8O/c1-15(30-23-20(26)13-28-25(27)31-23)21-11-16-7-6-10-19(17-12-29-32(2)14-17)22(16)24(34)33(21)18-8-4-3-5-9-18/h3-15H,26H2,1-2H3,(H3,27,28,30,31)/t15-/m0/s1. The number of aryl methyl sites for hydroxylation is 1. The molecule has 0 fully saturated rings. The zero-order valence-corrected chi connectivity index (χ0v) is 18.8. The molecule has 0 aliphatic carbocycles. The van der Waals surface area contributed by atoms with Crippen LogP contribution in [0, 0.1) is 0 Å². The Balaban J connectivity index is 1.75. The van der Waals surface area contributed by atoms with Gasteiger partial charge in [-0.1, -0.05) is 36.4 Å². The van der Waals surface area contributed by atoms with Crippen molar-refractivity contribution in [1.29, 1.82) is 0 Å². The quantitative estimate of drug-likeness (QED) is 0.372. The number of para-hydroxylation sites is 1. The summed E-state index contributed by atoms with van der Waals surface area (Å²) in [6.45, 7) is 1.95. The van der Waals surface area contributed by atoms with Gasteiger partial charge in [0, 0.05) is 30.2 Å². The summed E-state index contributed by atoms with van der Waals surface area (Å²) in [7, 11) is 1.86. The number of anilines is 3. The van der Waals surface area contributed by atoms with E-state index in [1.54, 1.807) is 15.4 Å². The van der Waals surface area contributed by atoms with Gasteiger partial charge < -0.3 is 16.8 Å². The summed E-state index contributed by atoms with van der Waals surface area (Å²) < 4.78 is 3.45. The number of benzene rings is 2. The Bertz CT molecular complexity index is 1560. The second-order valence-electron chi connectivity index (χ2n) is 8.12. The van der Waals surface area contributed by atoms with Gasteiger partial charge in [-0.3, -0.25) is 14.0 Å². The minimum atomic E-state index is -0.323. The van der Waals surface area contributed by atoms with Crippen LogP contribution in [0.2, 0.25) is 0 Å². The molecule has 0 radical (unpaired) electrons. The average molecular weight is 453 g/mol. The minimum Gasteiger partial charge on any atom is -0.394 e. The smallest absolute Gasteiger partial charge is 0.263 e. The van der Waals surface area contributed by atoms with Gasteiger partial charge in [0.15, 0.2) is 5.82 Å². The van der Waals surface area contributed by atoms with Gasteiger partial charge in [-0.2, -0.15) is 10.1 Å². The van der Waals surface area contributed by atoms with E-state index in [4.69, 9.17) is 11.5 Å². The SMILES string of the molecule is C[C@H](Nc1nc(N)ncc1N)c1cc2cccc(-c3cnn(C)c3)c2c(=O)n1-c1ccccc1. The van der Waals surface area contributed by atoms with Crippen LogP contribution in [0.25, 0.3) is 27.6 Å². The Labute approximate surface area is 195 Å². The predicted octanol–water partition coefficient (Wildman–Crippen LogP) is 3.52. The van der Waals surface area contributed by atoms with Gasteiger partial charge in [0.1, 0.15) is 0 Å². The van der Waals surface area contributed by atoms with Crippen molar-refractivity contribution in [3.63, 3.8) is 0 Å². The molecule has 0 aliphatic rings. The number of aromatic nitrogens is 5. The fourth-order valence-corrected chi connectivity index (χ4v) is 4.14. The van der Waals surface area contributed by atoms with Crippen molar-refractivity contribution >= 4 is 28.2 Å². The molecular formula is C25H24N8O. The number of pyridine rings is 1. The number of nitrogens with zero attached hydrogens (tertiary/aromatic N) is 5. The lowest BCUT2D eigenvalue weighted by Crippen LogP contribution is -2.26. The molecule has 170 valence electrons. The van der Waals surface area contributed by atoms with E-state index in [2.05, 4.69) is 20.4 Å². The number of nitrogens with one attached hydrogen (secondary N) is 1. The predicted molar refractivity (Wildman–Crippen MR) is 135 cm³/mol. The molecule has 0 bridgehead atoms. The molecule has 9 heteroatoms. The molecule has 0 spiro atoms. The first-order chi connectivity index (χ1) is 16.4. The molecule has 5 N–H and O–H groups in total. The highest BCUT2D eigenvalue weighted by Gasteiger charge is 2.20. The van der Waals surface area contributed by atoms with Crippen LogP contribution in [0.5, 0.6) is 0 Å². The van der Waals surface area contributed by atoms with Gasteiger partial charge in [0.25, 0.3) is 5.56 Å². The van der Waals surface area contributed by atoms with Crippen molar-refractivity contribution in [3.8, 4) is 16.8 Å². The van der Waals surface area contributed by atoms with Crippen molar-refractivity contribution in [2.24, 2.45) is 7.05 Å². The maximum absolute atomic E-state index is 14.1. The fourth-order valence-electron chi connectivity index (χ4n) is 4.14. The molecule has 0 saturated carbocycles. The molecule has 34 heavy (non-hydrogen) atoms.